The van der Waals surface area contributed by atoms with Crippen LogP contribution in [0.4, 0.5) is 0 Å². The Balaban J connectivity index is 2.19. The van der Waals surface area contributed by atoms with E-state index in [1.807, 2.05) is 48.0 Å². The fraction of sp³-hybridized carbons (Fsp3) is 0. The molecule has 3 aromatic rings. The normalized spacial score (nSPS) is 10.8. The van der Waals surface area contributed by atoms with Gasteiger partial charge in [0.05, 0.1) is 10.4 Å². The molecule has 16 heavy (non-hydrogen) atoms. The van der Waals surface area contributed by atoms with E-state index >= 15 is 0 Å². The highest BCUT2D eigenvalue weighted by molar-refractivity contribution is 7.12. The van der Waals surface area contributed by atoms with E-state index in [2.05, 4.69) is 4.98 Å². The van der Waals surface area contributed by atoms with Crippen molar-refractivity contribution in [1.29, 1.82) is 0 Å². The summed E-state index contributed by atoms with van der Waals surface area (Å²) in [6.45, 7) is 0. The molecule has 0 radical (unpaired) electrons. The van der Waals surface area contributed by atoms with Crippen molar-refractivity contribution in [3.63, 3.8) is 0 Å². The second-order valence-electron chi connectivity index (χ2n) is 3.55. The molecule has 0 saturated heterocycles. The van der Waals surface area contributed by atoms with Gasteiger partial charge in [-0.3, -0.25) is 4.79 Å². The number of aromatic amines is 1. The maximum Gasteiger partial charge on any atom is 0.205 e. The zero-order valence-corrected chi connectivity index (χ0v) is 9.25. The summed E-state index contributed by atoms with van der Waals surface area (Å²) in [5.74, 6) is 0.0862. The van der Waals surface area contributed by atoms with Crippen molar-refractivity contribution in [1.82, 2.24) is 4.98 Å². The first kappa shape index (κ1) is 9.36. The van der Waals surface area contributed by atoms with Gasteiger partial charge in [0.1, 0.15) is 0 Å². The molecule has 1 aromatic carbocycles. The fourth-order valence-corrected chi connectivity index (χ4v) is 2.49. The van der Waals surface area contributed by atoms with E-state index in [4.69, 9.17) is 0 Å². The van der Waals surface area contributed by atoms with E-state index in [1.54, 1.807) is 0 Å². The van der Waals surface area contributed by atoms with Crippen LogP contribution in [0.25, 0.3) is 10.9 Å². The monoisotopic (exact) mass is 227 g/mol. The van der Waals surface area contributed by atoms with Crippen LogP contribution in [0.5, 0.6) is 0 Å². The average molecular weight is 227 g/mol. The van der Waals surface area contributed by atoms with E-state index in [-0.39, 0.29) is 5.78 Å². The summed E-state index contributed by atoms with van der Waals surface area (Å²) in [7, 11) is 0. The minimum atomic E-state index is 0.0862. The van der Waals surface area contributed by atoms with Crippen LogP contribution in [0, 0.1) is 0 Å². The second-order valence-corrected chi connectivity index (χ2v) is 4.50. The predicted molar refractivity (Wildman–Crippen MR) is 66.1 cm³/mol. The first-order valence-electron chi connectivity index (χ1n) is 5.00. The molecule has 0 unspecified atom stereocenters. The number of H-pyrrole nitrogens is 1. The van der Waals surface area contributed by atoms with Gasteiger partial charge >= 0.3 is 0 Å². The maximum atomic E-state index is 12.2. The highest BCUT2D eigenvalue weighted by Crippen LogP contribution is 2.21. The van der Waals surface area contributed by atoms with Crippen LogP contribution in [-0.4, -0.2) is 10.8 Å². The Hall–Kier alpha value is -1.87. The number of fused-ring (bicyclic) bond motifs is 1. The molecule has 3 rings (SSSR count). The van der Waals surface area contributed by atoms with Crippen molar-refractivity contribution >= 4 is 28.0 Å². The molecule has 78 valence electrons. The molecule has 0 aliphatic rings. The van der Waals surface area contributed by atoms with Crippen molar-refractivity contribution in [3.8, 4) is 0 Å². The van der Waals surface area contributed by atoms with E-state index in [9.17, 15) is 4.79 Å². The van der Waals surface area contributed by atoms with Gasteiger partial charge in [0.2, 0.25) is 5.78 Å². The smallest absolute Gasteiger partial charge is 0.205 e. The van der Waals surface area contributed by atoms with Crippen LogP contribution in [-0.2, 0) is 0 Å². The molecule has 0 aliphatic heterocycles. The lowest BCUT2D eigenvalue weighted by Gasteiger charge is -2.00. The number of nitrogens with one attached hydrogen (secondary N) is 1. The summed E-state index contributed by atoms with van der Waals surface area (Å²) >= 11 is 1.47. The number of hydrogen-bond donors (Lipinski definition) is 1. The van der Waals surface area contributed by atoms with Crippen LogP contribution < -0.4 is 0 Å². The maximum absolute atomic E-state index is 12.2. The molecule has 1 N–H and O–H groups in total. The van der Waals surface area contributed by atoms with Gasteiger partial charge in [-0.15, -0.1) is 11.3 Å². The largest absolute Gasteiger partial charge is 0.361 e. The number of ketones is 1. The SMILES string of the molecule is O=C(c1cccs1)c1cccc2cc[nH]c12. The quantitative estimate of drug-likeness (QED) is 0.668. The number of rotatable bonds is 2. The Kier molecular flexibility index (Phi) is 2.11. The molecule has 3 heteroatoms. The molecule has 2 nitrogen and oxygen atoms in total. The lowest BCUT2D eigenvalue weighted by molar-refractivity contribution is 0.104. The van der Waals surface area contributed by atoms with Gasteiger partial charge in [0.15, 0.2) is 0 Å². The third-order valence-electron chi connectivity index (χ3n) is 2.58. The van der Waals surface area contributed by atoms with Crippen LogP contribution in [0.3, 0.4) is 0 Å². The predicted octanol–water partition coefficient (Wildman–Crippen LogP) is 3.46. The van der Waals surface area contributed by atoms with E-state index in [0.717, 1.165) is 21.3 Å². The van der Waals surface area contributed by atoms with Crippen molar-refractivity contribution < 1.29 is 4.79 Å². The molecule has 0 fully saturated rings. The topological polar surface area (TPSA) is 32.9 Å². The fourth-order valence-electron chi connectivity index (χ4n) is 1.81. The minimum Gasteiger partial charge on any atom is -0.361 e. The Labute approximate surface area is 96.5 Å². The number of carbonyl (C=O) groups is 1. The van der Waals surface area contributed by atoms with Gasteiger partial charge in [-0.25, -0.2) is 0 Å². The van der Waals surface area contributed by atoms with Gasteiger partial charge in [-0.05, 0) is 23.6 Å². The van der Waals surface area contributed by atoms with Gasteiger partial charge in [-0.2, -0.15) is 0 Å². The van der Waals surface area contributed by atoms with E-state index in [1.165, 1.54) is 11.3 Å². The number of benzene rings is 1. The Bertz CT molecular complexity index is 637. The summed E-state index contributed by atoms with van der Waals surface area (Å²) in [5, 5.41) is 2.99. The molecule has 0 spiro atoms. The number of aromatic nitrogens is 1. The molecular formula is C13H9NOS. The second kappa shape index (κ2) is 3.61. The number of para-hydroxylation sites is 1. The van der Waals surface area contributed by atoms with Crippen LogP contribution in [0.15, 0.2) is 48.0 Å². The van der Waals surface area contributed by atoms with Gasteiger partial charge < -0.3 is 4.98 Å². The Morgan fingerprint density at radius 1 is 1.12 bits per heavy atom. The van der Waals surface area contributed by atoms with Crippen LogP contribution >= 0.6 is 11.3 Å². The molecule has 0 aliphatic carbocycles. The lowest BCUT2D eigenvalue weighted by Crippen LogP contribution is -1.99. The third-order valence-corrected chi connectivity index (χ3v) is 3.45. The van der Waals surface area contributed by atoms with Crippen LogP contribution in [0.1, 0.15) is 15.2 Å². The zero-order chi connectivity index (χ0) is 11.0. The van der Waals surface area contributed by atoms with Crippen molar-refractivity contribution in [2.75, 3.05) is 0 Å². The van der Waals surface area contributed by atoms with Gasteiger partial charge in [0.25, 0.3) is 0 Å². The number of thiophene rings is 1. The van der Waals surface area contributed by atoms with Gasteiger partial charge in [-0.1, -0.05) is 18.2 Å². The molecule has 2 aromatic heterocycles. The first-order chi connectivity index (χ1) is 7.86. The van der Waals surface area contributed by atoms with E-state index in [0.29, 0.717) is 0 Å². The molecule has 2 heterocycles. The zero-order valence-electron chi connectivity index (χ0n) is 8.44. The minimum absolute atomic E-state index is 0.0862. The molecule has 0 amide bonds. The summed E-state index contributed by atoms with van der Waals surface area (Å²) in [6.07, 6.45) is 1.86. The molecule has 0 saturated carbocycles. The molecule has 0 bridgehead atoms. The molecular weight excluding hydrogens is 218 g/mol. The lowest BCUT2D eigenvalue weighted by atomic mass is 10.1. The van der Waals surface area contributed by atoms with Crippen molar-refractivity contribution in [2.24, 2.45) is 0 Å². The van der Waals surface area contributed by atoms with Crippen LogP contribution in [0.2, 0.25) is 0 Å². The standard InChI is InChI=1S/C13H9NOS/c15-13(11-5-2-8-16-11)10-4-1-3-9-6-7-14-12(9)10/h1-8,14H. The summed E-state index contributed by atoms with van der Waals surface area (Å²) in [4.78, 5) is 16.1. The first-order valence-corrected chi connectivity index (χ1v) is 5.88. The Morgan fingerprint density at radius 2 is 2.06 bits per heavy atom. The Morgan fingerprint density at radius 3 is 2.88 bits per heavy atom. The third kappa shape index (κ3) is 1.37. The highest BCUT2D eigenvalue weighted by atomic mass is 32.1. The average Bonchev–Trinajstić information content (AvgIpc) is 2.98. The summed E-state index contributed by atoms with van der Waals surface area (Å²) in [6, 6.07) is 11.5. The molecule has 0 atom stereocenters. The number of hydrogen-bond acceptors (Lipinski definition) is 2. The van der Waals surface area contributed by atoms with Gasteiger partial charge in [0, 0.05) is 17.1 Å². The van der Waals surface area contributed by atoms with Crippen molar-refractivity contribution in [3.05, 3.63) is 58.4 Å². The van der Waals surface area contributed by atoms with E-state index < -0.39 is 0 Å². The summed E-state index contributed by atoms with van der Waals surface area (Å²) < 4.78 is 0. The summed E-state index contributed by atoms with van der Waals surface area (Å²) in [5.41, 5.74) is 1.66. The number of carbonyl (C=O) groups excluding carboxylic acids is 1. The van der Waals surface area contributed by atoms with Crippen molar-refractivity contribution in [2.45, 2.75) is 0 Å². The highest BCUT2D eigenvalue weighted by Gasteiger charge is 2.13.